The van der Waals surface area contributed by atoms with Crippen molar-refractivity contribution in [2.45, 2.75) is 24.9 Å². The Morgan fingerprint density at radius 2 is 1.73 bits per heavy atom. The van der Waals surface area contributed by atoms with Crippen molar-refractivity contribution >= 4 is 6.09 Å². The van der Waals surface area contributed by atoms with Gasteiger partial charge in [0.1, 0.15) is 18.5 Å². The van der Waals surface area contributed by atoms with Gasteiger partial charge in [-0.15, -0.1) is 0 Å². The first-order valence-corrected chi connectivity index (χ1v) is 10.5. The van der Waals surface area contributed by atoms with Gasteiger partial charge in [0.25, 0.3) is 0 Å². The van der Waals surface area contributed by atoms with Gasteiger partial charge in [-0.2, -0.15) is 0 Å². The minimum absolute atomic E-state index is 0.0691. The van der Waals surface area contributed by atoms with Gasteiger partial charge in [0.05, 0.1) is 0 Å². The zero-order chi connectivity index (χ0) is 20.5. The van der Waals surface area contributed by atoms with Crippen molar-refractivity contribution in [3.05, 3.63) is 77.9 Å². The number of likely N-dealkylation sites (tertiary alicyclic amines) is 1. The smallest absolute Gasteiger partial charge is 0.409 e. The van der Waals surface area contributed by atoms with E-state index in [4.69, 9.17) is 4.74 Å². The maximum atomic E-state index is 12.7. The summed E-state index contributed by atoms with van der Waals surface area (Å²) in [5.74, 6) is 0.753. The molecule has 0 radical (unpaired) electrons. The number of aromatic nitrogens is 2. The molecule has 0 spiro atoms. The number of hydrogen-bond acceptors (Lipinski definition) is 4. The van der Waals surface area contributed by atoms with Crippen LogP contribution in [0.3, 0.4) is 0 Å². The number of fused-ring (bicyclic) bond motifs is 3. The first kappa shape index (κ1) is 18.9. The Balaban J connectivity index is 1.20. The Kier molecular flexibility index (Phi) is 5.01. The third kappa shape index (κ3) is 3.37. The number of nitrogens with zero attached hydrogens (tertiary/aromatic N) is 2. The van der Waals surface area contributed by atoms with Crippen LogP contribution in [-0.2, 0) is 4.74 Å². The van der Waals surface area contributed by atoms with Crippen molar-refractivity contribution in [1.29, 1.82) is 0 Å². The molecule has 1 fully saturated rings. The molecule has 3 aromatic rings. The number of imidazole rings is 1. The summed E-state index contributed by atoms with van der Waals surface area (Å²) in [5.41, 5.74) is 4.88. The molecule has 1 aliphatic heterocycles. The number of aromatic amines is 1. The third-order valence-corrected chi connectivity index (χ3v) is 6.38. The maximum absolute atomic E-state index is 12.7. The van der Waals surface area contributed by atoms with Crippen LogP contribution in [-0.4, -0.2) is 45.8 Å². The molecule has 2 aromatic carbocycles. The first-order chi connectivity index (χ1) is 14.7. The van der Waals surface area contributed by atoms with E-state index in [2.05, 4.69) is 34.2 Å². The number of hydrogen-bond donors (Lipinski definition) is 2. The van der Waals surface area contributed by atoms with Crippen LogP contribution in [0.25, 0.3) is 11.1 Å². The number of aliphatic hydroxyl groups is 1. The fourth-order valence-electron chi connectivity index (χ4n) is 4.75. The lowest BCUT2D eigenvalue weighted by atomic mass is 9.91. The van der Waals surface area contributed by atoms with E-state index >= 15 is 0 Å². The van der Waals surface area contributed by atoms with Crippen molar-refractivity contribution in [3.8, 4) is 11.1 Å². The van der Waals surface area contributed by atoms with Crippen LogP contribution in [0.2, 0.25) is 0 Å². The van der Waals surface area contributed by atoms with Gasteiger partial charge in [0.15, 0.2) is 0 Å². The van der Waals surface area contributed by atoms with Crippen molar-refractivity contribution in [1.82, 2.24) is 14.9 Å². The van der Waals surface area contributed by atoms with Crippen LogP contribution in [0, 0.1) is 5.92 Å². The standard InChI is InChI=1S/C24H25N3O3/c28-22(23-25-11-12-26-23)16-9-13-27(14-10-16)24(29)30-15-21-19-7-3-1-5-17(19)18-6-2-4-8-20(18)21/h1-8,11-12,16,21-22,28H,9-10,13-15H2,(H,25,26). The normalized spacial score (nSPS) is 17.4. The fraction of sp³-hybridized carbons (Fsp3) is 0.333. The maximum Gasteiger partial charge on any atom is 0.409 e. The Morgan fingerprint density at radius 3 is 2.33 bits per heavy atom. The van der Waals surface area contributed by atoms with Crippen LogP contribution >= 0.6 is 0 Å². The lowest BCUT2D eigenvalue weighted by Gasteiger charge is -2.33. The number of carbonyl (C=O) groups excluding carboxylic acids is 1. The van der Waals surface area contributed by atoms with Crippen LogP contribution < -0.4 is 0 Å². The summed E-state index contributed by atoms with van der Waals surface area (Å²) >= 11 is 0. The first-order valence-electron chi connectivity index (χ1n) is 10.5. The molecule has 1 aromatic heterocycles. The number of carbonyl (C=O) groups is 1. The van der Waals surface area contributed by atoms with E-state index in [1.807, 2.05) is 24.3 Å². The van der Waals surface area contributed by atoms with Crippen LogP contribution in [0.1, 0.15) is 41.8 Å². The molecule has 6 heteroatoms. The molecule has 2 N–H and O–H groups in total. The number of benzene rings is 2. The molecule has 154 valence electrons. The number of amides is 1. The Bertz CT molecular complexity index is 980. The van der Waals surface area contributed by atoms with Gasteiger partial charge < -0.3 is 19.7 Å². The molecule has 5 rings (SSSR count). The average molecular weight is 403 g/mol. The Hall–Kier alpha value is -3.12. The van der Waals surface area contributed by atoms with Crippen LogP contribution in [0.4, 0.5) is 4.79 Å². The Morgan fingerprint density at radius 1 is 1.10 bits per heavy atom. The molecule has 30 heavy (non-hydrogen) atoms. The fourth-order valence-corrected chi connectivity index (χ4v) is 4.75. The van der Waals surface area contributed by atoms with E-state index in [0.717, 1.165) is 12.8 Å². The van der Waals surface area contributed by atoms with Crippen LogP contribution in [0.5, 0.6) is 0 Å². The van der Waals surface area contributed by atoms with Gasteiger partial charge in [-0.1, -0.05) is 48.5 Å². The number of ether oxygens (including phenoxy) is 1. The molecule has 0 saturated carbocycles. The van der Waals surface area contributed by atoms with Crippen LogP contribution in [0.15, 0.2) is 60.9 Å². The van der Waals surface area contributed by atoms with E-state index < -0.39 is 6.10 Å². The summed E-state index contributed by atoms with van der Waals surface area (Å²) in [6.07, 6.45) is 3.92. The van der Waals surface area contributed by atoms with E-state index in [9.17, 15) is 9.90 Å². The number of nitrogens with one attached hydrogen (secondary N) is 1. The lowest BCUT2D eigenvalue weighted by Crippen LogP contribution is -2.40. The molecule has 1 atom stereocenters. The molecule has 6 nitrogen and oxygen atoms in total. The van der Waals surface area contributed by atoms with Crippen molar-refractivity contribution in [2.24, 2.45) is 5.92 Å². The summed E-state index contributed by atoms with van der Waals surface area (Å²) in [6, 6.07) is 16.7. The monoisotopic (exact) mass is 403 g/mol. The highest BCUT2D eigenvalue weighted by atomic mass is 16.6. The summed E-state index contributed by atoms with van der Waals surface area (Å²) < 4.78 is 5.75. The predicted octanol–water partition coefficient (Wildman–Crippen LogP) is 4.10. The summed E-state index contributed by atoms with van der Waals surface area (Å²) in [5, 5.41) is 10.5. The molecule has 2 heterocycles. The molecule has 0 bridgehead atoms. The molecule has 1 aliphatic carbocycles. The SMILES string of the molecule is O=C(OCC1c2ccccc2-c2ccccc21)N1CCC(C(O)c2ncc[nH]2)CC1. The van der Waals surface area contributed by atoms with Crippen molar-refractivity contribution in [3.63, 3.8) is 0 Å². The number of rotatable bonds is 4. The molecule has 2 aliphatic rings. The molecule has 1 saturated heterocycles. The topological polar surface area (TPSA) is 78.4 Å². The summed E-state index contributed by atoms with van der Waals surface area (Å²) in [7, 11) is 0. The second-order valence-corrected chi connectivity index (χ2v) is 8.05. The highest BCUT2D eigenvalue weighted by Crippen LogP contribution is 2.44. The number of aliphatic hydroxyl groups excluding tert-OH is 1. The number of piperidine rings is 1. The molecular weight excluding hydrogens is 378 g/mol. The molecular formula is C24H25N3O3. The largest absolute Gasteiger partial charge is 0.448 e. The molecule has 1 amide bonds. The summed E-state index contributed by atoms with van der Waals surface area (Å²) in [6.45, 7) is 1.50. The lowest BCUT2D eigenvalue weighted by molar-refractivity contribution is 0.0428. The zero-order valence-corrected chi connectivity index (χ0v) is 16.7. The third-order valence-electron chi connectivity index (χ3n) is 6.38. The predicted molar refractivity (Wildman–Crippen MR) is 113 cm³/mol. The molecule has 1 unspecified atom stereocenters. The van der Waals surface area contributed by atoms with Gasteiger partial charge in [-0.25, -0.2) is 9.78 Å². The second-order valence-electron chi connectivity index (χ2n) is 8.05. The quantitative estimate of drug-likeness (QED) is 0.687. The average Bonchev–Trinajstić information content (AvgIpc) is 3.44. The van der Waals surface area contributed by atoms with E-state index in [-0.39, 0.29) is 17.9 Å². The highest BCUT2D eigenvalue weighted by molar-refractivity contribution is 5.79. The summed E-state index contributed by atoms with van der Waals surface area (Å²) in [4.78, 5) is 21.6. The van der Waals surface area contributed by atoms with E-state index in [0.29, 0.717) is 25.5 Å². The van der Waals surface area contributed by atoms with E-state index in [1.165, 1.54) is 22.3 Å². The Labute approximate surface area is 175 Å². The van der Waals surface area contributed by atoms with Gasteiger partial charge in [-0.05, 0) is 41.0 Å². The minimum atomic E-state index is -0.621. The minimum Gasteiger partial charge on any atom is -0.448 e. The zero-order valence-electron chi connectivity index (χ0n) is 16.7. The second kappa shape index (κ2) is 7.95. The van der Waals surface area contributed by atoms with Crippen molar-refractivity contribution < 1.29 is 14.6 Å². The van der Waals surface area contributed by atoms with Gasteiger partial charge in [0.2, 0.25) is 0 Å². The van der Waals surface area contributed by atoms with Gasteiger partial charge >= 0.3 is 6.09 Å². The highest BCUT2D eigenvalue weighted by Gasteiger charge is 2.32. The van der Waals surface area contributed by atoms with E-state index in [1.54, 1.807) is 17.3 Å². The number of H-pyrrole nitrogens is 1. The van der Waals surface area contributed by atoms with Crippen molar-refractivity contribution in [2.75, 3.05) is 19.7 Å². The van der Waals surface area contributed by atoms with Gasteiger partial charge in [0, 0.05) is 31.4 Å². The van der Waals surface area contributed by atoms with Gasteiger partial charge in [-0.3, -0.25) is 0 Å².